The highest BCUT2D eigenvalue weighted by molar-refractivity contribution is 6.30. The average molecular weight is 429 g/mol. The molecule has 0 radical (unpaired) electrons. The first-order valence-electron chi connectivity index (χ1n) is 9.92. The fourth-order valence-electron chi connectivity index (χ4n) is 3.63. The minimum Gasteiger partial charge on any atom is -0.497 e. The lowest BCUT2D eigenvalue weighted by Crippen LogP contribution is -2.50. The van der Waals surface area contributed by atoms with Crippen LogP contribution >= 0.6 is 11.6 Å². The molecule has 1 aliphatic heterocycles. The van der Waals surface area contributed by atoms with E-state index in [-0.39, 0.29) is 36.6 Å². The summed E-state index contributed by atoms with van der Waals surface area (Å²) in [5, 5.41) is 0.594. The van der Waals surface area contributed by atoms with Gasteiger partial charge in [0.25, 0.3) is 5.91 Å². The van der Waals surface area contributed by atoms with Gasteiger partial charge in [0.05, 0.1) is 25.6 Å². The largest absolute Gasteiger partial charge is 0.497 e. The predicted octanol–water partition coefficient (Wildman–Crippen LogP) is 3.85. The summed E-state index contributed by atoms with van der Waals surface area (Å²) in [6.07, 6.45) is 0.788. The number of hydrogen-bond acceptors (Lipinski definition) is 4. The lowest BCUT2D eigenvalue weighted by atomic mass is 10.1. The second kappa shape index (κ2) is 9.30. The number of nitrogens with zero attached hydrogens (tertiary/aromatic N) is 2. The highest BCUT2D eigenvalue weighted by Gasteiger charge is 2.45. The summed E-state index contributed by atoms with van der Waals surface area (Å²) in [5.41, 5.74) is 1.28. The van der Waals surface area contributed by atoms with Crippen molar-refractivity contribution in [3.8, 4) is 5.75 Å². The first-order chi connectivity index (χ1) is 14.3. The van der Waals surface area contributed by atoms with E-state index in [1.54, 1.807) is 60.5 Å². The molecule has 3 amide bonds. The van der Waals surface area contributed by atoms with E-state index in [2.05, 4.69) is 0 Å². The van der Waals surface area contributed by atoms with Crippen molar-refractivity contribution in [3.63, 3.8) is 0 Å². The number of halogens is 1. The molecule has 0 bridgehead atoms. The lowest BCUT2D eigenvalue weighted by Gasteiger charge is -2.33. The highest BCUT2D eigenvalue weighted by atomic mass is 35.5. The van der Waals surface area contributed by atoms with E-state index < -0.39 is 6.04 Å². The van der Waals surface area contributed by atoms with Crippen LogP contribution < -0.4 is 9.64 Å². The van der Waals surface area contributed by atoms with E-state index in [1.807, 2.05) is 13.8 Å². The van der Waals surface area contributed by atoms with E-state index in [4.69, 9.17) is 16.3 Å². The van der Waals surface area contributed by atoms with Gasteiger partial charge in [-0.05, 0) is 55.3 Å². The van der Waals surface area contributed by atoms with Crippen molar-refractivity contribution >= 4 is 35.0 Å². The number of hydrogen-bond donors (Lipinski definition) is 0. The quantitative estimate of drug-likeness (QED) is 0.628. The molecule has 2 unspecified atom stereocenters. The Morgan fingerprint density at radius 2 is 1.80 bits per heavy atom. The Morgan fingerprint density at radius 3 is 2.37 bits per heavy atom. The van der Waals surface area contributed by atoms with Crippen LogP contribution in [0.1, 0.15) is 32.3 Å². The standard InChI is InChI=1S/C23H25ClN2O4/c1-4-15(2)25(21(27)13-16-5-7-17(24)8-6-16)20-14-22(28)26(23(20)29)18-9-11-19(30-3)12-10-18/h5-12,15,20H,4,13-14H2,1-3H3. The molecule has 0 aliphatic carbocycles. The van der Waals surface area contributed by atoms with Gasteiger partial charge in [-0.3, -0.25) is 14.4 Å². The molecule has 1 fully saturated rings. The number of rotatable bonds is 7. The Kier molecular flexibility index (Phi) is 6.77. The topological polar surface area (TPSA) is 66.9 Å². The number of carbonyl (C=O) groups excluding carboxylic acids is 3. The third-order valence-electron chi connectivity index (χ3n) is 5.41. The monoisotopic (exact) mass is 428 g/mol. The van der Waals surface area contributed by atoms with Gasteiger partial charge in [-0.15, -0.1) is 0 Å². The number of methoxy groups -OCH3 is 1. The molecule has 1 aliphatic rings. The number of carbonyl (C=O) groups is 3. The zero-order chi connectivity index (χ0) is 21.8. The fourth-order valence-corrected chi connectivity index (χ4v) is 3.75. The summed E-state index contributed by atoms with van der Waals surface area (Å²) in [7, 11) is 1.55. The smallest absolute Gasteiger partial charge is 0.257 e. The summed E-state index contributed by atoms with van der Waals surface area (Å²) in [6, 6.07) is 12.8. The molecule has 2 aromatic carbocycles. The molecule has 158 valence electrons. The summed E-state index contributed by atoms with van der Waals surface area (Å²) in [5.74, 6) is -0.249. The zero-order valence-corrected chi connectivity index (χ0v) is 18.1. The van der Waals surface area contributed by atoms with Crippen LogP contribution in [0.15, 0.2) is 48.5 Å². The molecular formula is C23H25ClN2O4. The van der Waals surface area contributed by atoms with Gasteiger partial charge in [-0.25, -0.2) is 4.90 Å². The van der Waals surface area contributed by atoms with Crippen LogP contribution in [-0.2, 0) is 20.8 Å². The fraction of sp³-hybridized carbons (Fsp3) is 0.348. The molecule has 6 nitrogen and oxygen atoms in total. The van der Waals surface area contributed by atoms with Crippen LogP contribution in [-0.4, -0.2) is 41.8 Å². The normalized spacial score (nSPS) is 17.2. The van der Waals surface area contributed by atoms with Crippen LogP contribution in [0.5, 0.6) is 5.75 Å². The molecular weight excluding hydrogens is 404 g/mol. The summed E-state index contributed by atoms with van der Waals surface area (Å²) in [6.45, 7) is 3.85. The van der Waals surface area contributed by atoms with Gasteiger partial charge in [0.1, 0.15) is 11.8 Å². The molecule has 0 N–H and O–H groups in total. The first kappa shape index (κ1) is 21.8. The van der Waals surface area contributed by atoms with Crippen LogP contribution in [0.2, 0.25) is 5.02 Å². The SMILES string of the molecule is CCC(C)N(C(=O)Cc1ccc(Cl)cc1)C1CC(=O)N(c2ccc(OC)cc2)C1=O. The minimum atomic E-state index is -0.811. The van der Waals surface area contributed by atoms with E-state index in [9.17, 15) is 14.4 Å². The number of imide groups is 1. The molecule has 1 heterocycles. The van der Waals surface area contributed by atoms with Gasteiger partial charge < -0.3 is 9.64 Å². The van der Waals surface area contributed by atoms with Crippen molar-refractivity contribution in [3.05, 3.63) is 59.1 Å². The summed E-state index contributed by atoms with van der Waals surface area (Å²) in [4.78, 5) is 41.8. The van der Waals surface area contributed by atoms with Gasteiger partial charge in [0, 0.05) is 11.1 Å². The van der Waals surface area contributed by atoms with Crippen molar-refractivity contribution in [2.45, 2.75) is 45.2 Å². The zero-order valence-electron chi connectivity index (χ0n) is 17.3. The molecule has 3 rings (SSSR count). The van der Waals surface area contributed by atoms with Gasteiger partial charge >= 0.3 is 0 Å². The number of benzene rings is 2. The maximum Gasteiger partial charge on any atom is 0.257 e. The van der Waals surface area contributed by atoms with Crippen LogP contribution in [0.3, 0.4) is 0 Å². The number of ether oxygens (including phenoxy) is 1. The van der Waals surface area contributed by atoms with Crippen molar-refractivity contribution in [2.75, 3.05) is 12.0 Å². The maximum absolute atomic E-state index is 13.2. The Balaban J connectivity index is 1.84. The van der Waals surface area contributed by atoms with Gasteiger partial charge in [0.2, 0.25) is 11.8 Å². The van der Waals surface area contributed by atoms with Crippen LogP contribution in [0.25, 0.3) is 0 Å². The number of anilines is 1. The van der Waals surface area contributed by atoms with E-state index >= 15 is 0 Å². The first-order valence-corrected chi connectivity index (χ1v) is 10.3. The van der Waals surface area contributed by atoms with Crippen molar-refractivity contribution in [1.29, 1.82) is 0 Å². The van der Waals surface area contributed by atoms with Crippen molar-refractivity contribution in [1.82, 2.24) is 4.90 Å². The van der Waals surface area contributed by atoms with Gasteiger partial charge in [0.15, 0.2) is 0 Å². The van der Waals surface area contributed by atoms with Crippen LogP contribution in [0, 0.1) is 0 Å². The maximum atomic E-state index is 13.2. The molecule has 0 saturated carbocycles. The molecule has 0 aromatic heterocycles. The van der Waals surface area contributed by atoms with Gasteiger partial charge in [-0.2, -0.15) is 0 Å². The second-order valence-electron chi connectivity index (χ2n) is 7.35. The van der Waals surface area contributed by atoms with E-state index in [1.165, 1.54) is 0 Å². The summed E-state index contributed by atoms with van der Waals surface area (Å²) < 4.78 is 5.14. The van der Waals surface area contributed by atoms with E-state index in [0.717, 1.165) is 10.5 Å². The van der Waals surface area contributed by atoms with Crippen LogP contribution in [0.4, 0.5) is 5.69 Å². The van der Waals surface area contributed by atoms with Crippen molar-refractivity contribution < 1.29 is 19.1 Å². The third-order valence-corrected chi connectivity index (χ3v) is 5.66. The Hall–Kier alpha value is -2.86. The van der Waals surface area contributed by atoms with Gasteiger partial charge in [-0.1, -0.05) is 30.7 Å². The minimum absolute atomic E-state index is 0.0262. The second-order valence-corrected chi connectivity index (χ2v) is 7.78. The molecule has 2 aromatic rings. The number of amides is 3. The average Bonchev–Trinajstić information content (AvgIpc) is 3.03. The van der Waals surface area contributed by atoms with E-state index in [0.29, 0.717) is 22.9 Å². The highest BCUT2D eigenvalue weighted by Crippen LogP contribution is 2.29. The predicted molar refractivity (Wildman–Crippen MR) is 116 cm³/mol. The molecule has 30 heavy (non-hydrogen) atoms. The Bertz CT molecular complexity index is 927. The molecule has 7 heteroatoms. The molecule has 1 saturated heterocycles. The summed E-state index contributed by atoms with van der Waals surface area (Å²) >= 11 is 5.92. The third kappa shape index (κ3) is 4.49. The Morgan fingerprint density at radius 1 is 1.17 bits per heavy atom. The Labute approximate surface area is 181 Å². The lowest BCUT2D eigenvalue weighted by molar-refractivity contribution is -0.140. The molecule has 2 atom stereocenters. The van der Waals surface area contributed by atoms with Crippen molar-refractivity contribution in [2.24, 2.45) is 0 Å². The molecule has 0 spiro atoms.